The minimum absolute atomic E-state index is 0.00715. The van der Waals surface area contributed by atoms with Crippen LogP contribution in [0.4, 0.5) is 11.4 Å². The molecule has 494 valence electrons. The molecule has 2 aromatic heterocycles. The van der Waals surface area contributed by atoms with Crippen molar-refractivity contribution in [3.05, 3.63) is 175 Å². The molecule has 0 radical (unpaired) electrons. The molecular weight excluding hydrogens is 1480 g/mol. The van der Waals surface area contributed by atoms with Gasteiger partial charge in [0.1, 0.15) is 17.1 Å². The third kappa shape index (κ3) is 13.7. The van der Waals surface area contributed by atoms with Crippen molar-refractivity contribution in [2.24, 2.45) is 0 Å². The minimum atomic E-state index is -4.49. The van der Waals surface area contributed by atoms with E-state index in [0.717, 1.165) is 35.1 Å². The Kier molecular flexibility index (Phi) is 20.2. The second kappa shape index (κ2) is 28.6. The van der Waals surface area contributed by atoms with Crippen LogP contribution in [0.25, 0.3) is 66.8 Å². The Morgan fingerprint density at radius 3 is 1.70 bits per heavy atom. The summed E-state index contributed by atoms with van der Waals surface area (Å²) in [4.78, 5) is 89.5. The number of aromatic carboxylic acids is 2. The van der Waals surface area contributed by atoms with Gasteiger partial charge in [0.15, 0.2) is 10.1 Å². The molecule has 4 aliphatic heterocycles. The van der Waals surface area contributed by atoms with Crippen LogP contribution >= 0.6 is 40.1 Å². The average Bonchev–Trinajstić information content (AvgIpc) is 1.09. The standard InChI is InChI=1S/C64H54As2N6O18S6/c1-33-55(75)45(71-95(83,84)49-7-3-5-17-67-49)31-43-51(44-32-46(56(76)34(2)58(44)89-57(33)43)72-96(85,86)50-8-4-6-18-68-50)37-11-9-36(30-42(37)64(81)82)62(78)70-20-22-88-24-23-87-21-19-69-61(77)35-10-12-38(63(79)80)41(29-35)52-39-13-15-47(73)53(65-91-25-26-92-65)59(39)90-60-40(52)14-16-48(74)54(60)66-93-27-28-94-66/h3-18,29-32,71-73,75H,19-28H2,1-2H3,(H,69,77)(H,70,78)(H,79,80)(H,81,82). The number of carboxylic acid groups (broad SMARTS) is 2. The number of benzene rings is 6. The fourth-order valence-corrected chi connectivity index (χ4v) is 42.5. The van der Waals surface area contributed by atoms with Gasteiger partial charge in [0, 0.05) is 52.1 Å². The molecule has 32 heteroatoms. The first kappa shape index (κ1) is 67.9. The molecule has 24 nitrogen and oxygen atoms in total. The van der Waals surface area contributed by atoms with Crippen LogP contribution in [0.5, 0.6) is 11.5 Å². The van der Waals surface area contributed by atoms with E-state index in [4.69, 9.17) is 18.3 Å². The molecule has 2 saturated heterocycles. The maximum atomic E-state index is 14.0. The summed E-state index contributed by atoms with van der Waals surface area (Å²) >= 11 is -3.98. The van der Waals surface area contributed by atoms with Crippen molar-refractivity contribution in [2.75, 3.05) is 72.0 Å². The Morgan fingerprint density at radius 2 is 1.10 bits per heavy atom. The van der Waals surface area contributed by atoms with Crippen LogP contribution in [-0.2, 0) is 29.5 Å². The van der Waals surface area contributed by atoms with Crippen LogP contribution in [0, 0.1) is 13.8 Å². The predicted octanol–water partition coefficient (Wildman–Crippen LogP) is 7.80. The molecule has 4 aromatic carbocycles. The Balaban J connectivity index is 0.727. The van der Waals surface area contributed by atoms with Crippen molar-refractivity contribution in [1.29, 1.82) is 0 Å². The van der Waals surface area contributed by atoms with Gasteiger partial charge >= 0.3 is 265 Å². The summed E-state index contributed by atoms with van der Waals surface area (Å²) < 4.78 is 84.8. The number of hydrogen-bond acceptors (Lipinski definition) is 22. The number of nitrogens with one attached hydrogen (secondary N) is 4. The molecule has 6 aromatic rings. The van der Waals surface area contributed by atoms with Crippen molar-refractivity contribution in [3.63, 3.8) is 0 Å². The first-order chi connectivity index (χ1) is 46.1. The van der Waals surface area contributed by atoms with E-state index in [1.165, 1.54) is 105 Å². The smallest absolute Gasteiger partial charge is 0.336 e. The van der Waals surface area contributed by atoms with Crippen molar-refractivity contribution >= 4 is 151 Å². The molecular formula is C64H54As2N6O18S6. The van der Waals surface area contributed by atoms with Gasteiger partial charge in [-0.3, -0.25) is 19.0 Å². The van der Waals surface area contributed by atoms with E-state index in [9.17, 15) is 66.0 Å². The summed E-state index contributed by atoms with van der Waals surface area (Å²) in [5.41, 5.74) is -1.08. The maximum absolute atomic E-state index is 14.0. The number of phenols is 2. The number of aromatic hydroxyl groups is 2. The Hall–Kier alpha value is -8.02. The molecule has 0 unspecified atom stereocenters. The second-order valence-electron chi connectivity index (χ2n) is 21.3. The summed E-state index contributed by atoms with van der Waals surface area (Å²) in [6, 6.07) is 25.1. The van der Waals surface area contributed by atoms with Gasteiger partial charge in [-0.05, 0) is 67.9 Å². The SMILES string of the molecule is Cc1c2oc3c(C)c(O)c(NS(=O)(=O)c4ccccn4)cc3c(-c3ccc(C(=O)NCCOCCOCCNC(=O)c4ccc(C(=O)O)c(-c5c6ccc(=O)c([As]7SCCS7)c-6oc6c([As]7SCCS7)c(O)ccc56)c4)cc3C(=O)O)c-2cc(NS(=O)(=O)c2ccccn2)c1=O. The number of carbonyl (C=O) groups excluding carboxylic acids is 2. The van der Waals surface area contributed by atoms with Gasteiger partial charge in [0.25, 0.3) is 26.0 Å². The number of carbonyl (C=O) groups is 4. The molecule has 0 spiro atoms. The number of rotatable bonds is 23. The second-order valence-corrected chi connectivity index (χ2v) is 47.8. The molecule has 96 heavy (non-hydrogen) atoms. The van der Waals surface area contributed by atoms with Crippen molar-refractivity contribution < 1.29 is 74.7 Å². The summed E-state index contributed by atoms with van der Waals surface area (Å²) in [7, 11) is -1.81. The van der Waals surface area contributed by atoms with Gasteiger partial charge in [-0.1, -0.05) is 18.2 Å². The number of carboxylic acids is 2. The summed E-state index contributed by atoms with van der Waals surface area (Å²) in [6.07, 6.45) is 2.49. The molecule has 0 bridgehead atoms. The predicted molar refractivity (Wildman–Crippen MR) is 373 cm³/mol. The number of hydrogen-bond donors (Lipinski definition) is 8. The third-order valence-corrected chi connectivity index (χ3v) is 45.1. The zero-order valence-corrected chi connectivity index (χ0v) is 59.0. The van der Waals surface area contributed by atoms with Crippen molar-refractivity contribution in [1.82, 2.24) is 20.6 Å². The summed E-state index contributed by atoms with van der Waals surface area (Å²) in [5.74, 6) is -0.638. The van der Waals surface area contributed by atoms with Crippen LogP contribution in [0.3, 0.4) is 0 Å². The van der Waals surface area contributed by atoms with Gasteiger partial charge in [-0.2, -0.15) is 16.8 Å². The van der Waals surface area contributed by atoms with Crippen molar-refractivity contribution in [3.8, 4) is 56.4 Å². The number of anilines is 2. The van der Waals surface area contributed by atoms with Crippen LogP contribution in [0.15, 0.2) is 150 Å². The largest absolute Gasteiger partial charge is 0.478 e. The molecule has 0 atom stereocenters. The number of sulfonamides is 2. The van der Waals surface area contributed by atoms with Crippen LogP contribution in [-0.4, -0.2) is 158 Å². The van der Waals surface area contributed by atoms with Crippen molar-refractivity contribution in [2.45, 2.75) is 23.9 Å². The number of aryl methyl sites for hydroxylation is 1. The number of ether oxygens (including phenoxy) is 2. The van der Waals surface area contributed by atoms with E-state index >= 15 is 0 Å². The van der Waals surface area contributed by atoms with E-state index in [1.807, 2.05) is 0 Å². The Bertz CT molecular complexity index is 5080. The van der Waals surface area contributed by atoms with E-state index in [0.29, 0.717) is 36.6 Å². The number of pyridine rings is 2. The number of phenolic OH excluding ortho intramolecular Hbond substituents is 2. The van der Waals surface area contributed by atoms with Gasteiger partial charge < -0.3 is 24.7 Å². The fraction of sp³-hybridized carbons (Fsp3) is 0.188. The molecule has 2 aliphatic carbocycles. The molecule has 6 aliphatic rings. The molecule has 8 N–H and O–H groups in total. The maximum Gasteiger partial charge on any atom is 0.336 e. The quantitative estimate of drug-likeness (QED) is 0.0131. The molecule has 6 heterocycles. The van der Waals surface area contributed by atoms with Crippen LogP contribution < -0.4 is 39.6 Å². The number of fused-ring (bicyclic) bond motifs is 4. The van der Waals surface area contributed by atoms with Crippen LogP contribution in [0.1, 0.15) is 52.6 Å². The van der Waals surface area contributed by atoms with E-state index in [-0.39, 0.29) is 123 Å². The van der Waals surface area contributed by atoms with Gasteiger partial charge in [0.2, 0.25) is 5.43 Å². The molecule has 12 rings (SSSR count). The topological polar surface area (TPSA) is 370 Å². The monoisotopic (exact) mass is 1540 g/mol. The molecule has 2 fully saturated rings. The van der Waals surface area contributed by atoms with E-state index in [1.54, 1.807) is 58.3 Å². The third-order valence-electron chi connectivity index (χ3n) is 15.3. The van der Waals surface area contributed by atoms with E-state index in [2.05, 4.69) is 30.0 Å². The summed E-state index contributed by atoms with van der Waals surface area (Å²) in [6.45, 7) is 2.96. The number of nitrogens with zero attached hydrogens (tertiary/aromatic N) is 2. The molecule has 0 saturated carbocycles. The number of amides is 2. The fourth-order valence-electron chi connectivity index (χ4n) is 10.9. The van der Waals surface area contributed by atoms with Gasteiger partial charge in [-0.15, -0.1) is 0 Å². The first-order valence-electron chi connectivity index (χ1n) is 29.1. The van der Waals surface area contributed by atoms with Gasteiger partial charge in [0.05, 0.1) is 36.8 Å². The summed E-state index contributed by atoms with van der Waals surface area (Å²) in [5, 5.41) is 49.6. The zero-order valence-electron chi connectivity index (χ0n) is 50.4. The Labute approximate surface area is 569 Å². The first-order valence-corrected chi connectivity index (χ1v) is 46.9. The minimum Gasteiger partial charge on any atom is -0.478 e. The average molecular weight is 1540 g/mol. The van der Waals surface area contributed by atoms with E-state index < -0.39 is 101 Å². The normalized spacial score (nSPS) is 13.8. The molecule has 2 amide bonds. The number of aromatic nitrogens is 2. The zero-order chi connectivity index (χ0) is 67.7. The Morgan fingerprint density at radius 1 is 0.552 bits per heavy atom. The van der Waals surface area contributed by atoms with Crippen LogP contribution in [0.2, 0.25) is 0 Å². The van der Waals surface area contributed by atoms with Gasteiger partial charge in [-0.25, -0.2) is 14.8 Å².